The van der Waals surface area contributed by atoms with Gasteiger partial charge in [-0.25, -0.2) is 0 Å². The third kappa shape index (κ3) is 2.71. The van der Waals surface area contributed by atoms with Gasteiger partial charge in [0.2, 0.25) is 5.91 Å². The Hall–Kier alpha value is -2.10. The van der Waals surface area contributed by atoms with Gasteiger partial charge in [0.05, 0.1) is 5.69 Å². The molecule has 1 amide bonds. The van der Waals surface area contributed by atoms with Gasteiger partial charge in [-0.3, -0.25) is 4.79 Å². The van der Waals surface area contributed by atoms with Crippen molar-refractivity contribution in [1.29, 1.82) is 0 Å². The van der Waals surface area contributed by atoms with E-state index in [1.165, 1.54) is 0 Å². The highest BCUT2D eigenvalue weighted by Crippen LogP contribution is 2.41. The van der Waals surface area contributed by atoms with Crippen molar-refractivity contribution in [2.24, 2.45) is 5.92 Å². The van der Waals surface area contributed by atoms with Crippen LogP contribution in [-0.4, -0.2) is 11.1 Å². The van der Waals surface area contributed by atoms with E-state index in [2.05, 4.69) is 10.5 Å². The molecule has 1 aliphatic rings. The van der Waals surface area contributed by atoms with Crippen molar-refractivity contribution >= 4 is 11.6 Å². The fraction of sp³-hybridized carbons (Fsp3) is 0.412. The fourth-order valence-corrected chi connectivity index (χ4v) is 3.14. The normalized spacial score (nSPS) is 21.4. The van der Waals surface area contributed by atoms with Gasteiger partial charge in [0.15, 0.2) is 0 Å². The second-order valence-electron chi connectivity index (χ2n) is 5.75. The molecule has 21 heavy (non-hydrogen) atoms. The van der Waals surface area contributed by atoms with E-state index in [1.807, 2.05) is 44.2 Å². The number of carbonyl (C=O) groups is 1. The summed E-state index contributed by atoms with van der Waals surface area (Å²) in [7, 11) is 0. The number of aromatic nitrogens is 1. The smallest absolute Gasteiger partial charge is 0.228 e. The number of nitrogens with one attached hydrogen (secondary N) is 1. The van der Waals surface area contributed by atoms with E-state index in [4.69, 9.17) is 4.52 Å². The summed E-state index contributed by atoms with van der Waals surface area (Å²) in [5.74, 6) is 1.09. The number of amides is 1. The van der Waals surface area contributed by atoms with Crippen LogP contribution in [0.1, 0.15) is 42.2 Å². The van der Waals surface area contributed by atoms with Crippen LogP contribution in [0.3, 0.4) is 0 Å². The zero-order chi connectivity index (χ0) is 14.8. The van der Waals surface area contributed by atoms with E-state index in [0.29, 0.717) is 0 Å². The molecule has 0 bridgehead atoms. The predicted octanol–water partition coefficient (Wildman–Crippen LogP) is 3.81. The predicted molar refractivity (Wildman–Crippen MR) is 81.1 cm³/mol. The van der Waals surface area contributed by atoms with Gasteiger partial charge < -0.3 is 9.84 Å². The van der Waals surface area contributed by atoms with E-state index >= 15 is 0 Å². The summed E-state index contributed by atoms with van der Waals surface area (Å²) in [5, 5.41) is 7.19. The molecular formula is C17H20N2O2. The maximum Gasteiger partial charge on any atom is 0.228 e. The Balaban J connectivity index is 1.78. The van der Waals surface area contributed by atoms with Crippen LogP contribution in [0.2, 0.25) is 0 Å². The van der Waals surface area contributed by atoms with E-state index in [1.54, 1.807) is 0 Å². The molecule has 0 unspecified atom stereocenters. The lowest BCUT2D eigenvalue weighted by Gasteiger charge is -2.17. The molecule has 110 valence electrons. The summed E-state index contributed by atoms with van der Waals surface area (Å²) in [6, 6.07) is 9.61. The Morgan fingerprint density at radius 1 is 1.24 bits per heavy atom. The van der Waals surface area contributed by atoms with Crippen LogP contribution >= 0.6 is 0 Å². The van der Waals surface area contributed by atoms with Gasteiger partial charge in [-0.05, 0) is 38.8 Å². The molecule has 1 aliphatic carbocycles. The average molecular weight is 284 g/mol. The first-order chi connectivity index (χ1) is 10.2. The largest absolute Gasteiger partial charge is 0.361 e. The number of para-hydroxylation sites is 1. The topological polar surface area (TPSA) is 55.1 Å². The number of hydrogen-bond acceptors (Lipinski definition) is 3. The fourth-order valence-electron chi connectivity index (χ4n) is 3.14. The van der Waals surface area contributed by atoms with Crippen molar-refractivity contribution in [1.82, 2.24) is 5.16 Å². The van der Waals surface area contributed by atoms with Crippen LogP contribution in [-0.2, 0) is 4.79 Å². The molecule has 0 spiro atoms. The highest BCUT2D eigenvalue weighted by atomic mass is 16.5. The summed E-state index contributed by atoms with van der Waals surface area (Å²) < 4.78 is 5.27. The number of carbonyl (C=O) groups excluding carboxylic acids is 1. The van der Waals surface area contributed by atoms with Gasteiger partial charge >= 0.3 is 0 Å². The number of rotatable bonds is 3. The van der Waals surface area contributed by atoms with Crippen LogP contribution in [0.15, 0.2) is 34.9 Å². The zero-order valence-corrected chi connectivity index (χ0v) is 12.4. The zero-order valence-electron chi connectivity index (χ0n) is 12.4. The van der Waals surface area contributed by atoms with Crippen molar-refractivity contribution in [3.63, 3.8) is 0 Å². The molecule has 1 aromatic carbocycles. The summed E-state index contributed by atoms with van der Waals surface area (Å²) in [5.41, 5.74) is 2.89. The lowest BCUT2D eigenvalue weighted by atomic mass is 9.90. The molecule has 1 fully saturated rings. The molecule has 2 aromatic rings. The van der Waals surface area contributed by atoms with Crippen LogP contribution in [0.5, 0.6) is 0 Å². The van der Waals surface area contributed by atoms with Crippen LogP contribution in [0, 0.1) is 19.8 Å². The highest BCUT2D eigenvalue weighted by Gasteiger charge is 2.37. The number of hydrogen-bond donors (Lipinski definition) is 1. The van der Waals surface area contributed by atoms with E-state index in [-0.39, 0.29) is 17.7 Å². The molecule has 4 nitrogen and oxygen atoms in total. The van der Waals surface area contributed by atoms with Crippen molar-refractivity contribution < 1.29 is 9.32 Å². The molecule has 2 atom stereocenters. The number of aryl methyl sites for hydroxylation is 1. The minimum atomic E-state index is -0.0200. The SMILES string of the molecule is Cc1onc([C@H]2CCC[C@@H]2C(=O)Nc2ccccc2)c1C. The second-order valence-corrected chi connectivity index (χ2v) is 5.75. The van der Waals surface area contributed by atoms with Crippen molar-refractivity contribution in [2.75, 3.05) is 5.32 Å². The average Bonchev–Trinajstić information content (AvgIpc) is 3.08. The molecule has 3 rings (SSSR count). The first kappa shape index (κ1) is 13.9. The molecule has 1 aromatic heterocycles. The Kier molecular flexibility index (Phi) is 3.78. The van der Waals surface area contributed by atoms with Crippen molar-refractivity contribution in [3.05, 3.63) is 47.3 Å². The Morgan fingerprint density at radius 2 is 2.00 bits per heavy atom. The molecule has 0 saturated heterocycles. The Morgan fingerprint density at radius 3 is 2.67 bits per heavy atom. The maximum atomic E-state index is 12.5. The minimum absolute atomic E-state index is 0.0200. The Labute approximate surface area is 124 Å². The highest BCUT2D eigenvalue weighted by molar-refractivity contribution is 5.93. The number of anilines is 1. The Bertz CT molecular complexity index is 633. The first-order valence-corrected chi connectivity index (χ1v) is 7.45. The standard InChI is InChI=1S/C17H20N2O2/c1-11-12(2)21-19-16(11)14-9-6-10-15(14)17(20)18-13-7-4-3-5-8-13/h3-5,7-8,14-15H,6,9-10H2,1-2H3,(H,18,20)/t14-,15-/m0/s1. The third-order valence-electron chi connectivity index (χ3n) is 4.44. The van der Waals surface area contributed by atoms with Gasteiger partial charge in [-0.15, -0.1) is 0 Å². The van der Waals surface area contributed by atoms with Gasteiger partial charge in [0, 0.05) is 23.1 Å². The van der Waals surface area contributed by atoms with E-state index < -0.39 is 0 Å². The van der Waals surface area contributed by atoms with Gasteiger partial charge in [0.25, 0.3) is 0 Å². The number of nitrogens with zero attached hydrogens (tertiary/aromatic N) is 1. The quantitative estimate of drug-likeness (QED) is 0.932. The summed E-state index contributed by atoms with van der Waals surface area (Å²) in [4.78, 5) is 12.5. The lowest BCUT2D eigenvalue weighted by Crippen LogP contribution is -2.25. The molecule has 0 radical (unpaired) electrons. The maximum absolute atomic E-state index is 12.5. The monoisotopic (exact) mass is 284 g/mol. The van der Waals surface area contributed by atoms with Crippen LogP contribution in [0.25, 0.3) is 0 Å². The van der Waals surface area contributed by atoms with Crippen molar-refractivity contribution in [2.45, 2.75) is 39.0 Å². The minimum Gasteiger partial charge on any atom is -0.361 e. The van der Waals surface area contributed by atoms with Gasteiger partial charge in [-0.1, -0.05) is 29.8 Å². The number of benzene rings is 1. The molecule has 0 aliphatic heterocycles. The summed E-state index contributed by atoms with van der Waals surface area (Å²) >= 11 is 0. The molecule has 1 saturated carbocycles. The molecular weight excluding hydrogens is 264 g/mol. The third-order valence-corrected chi connectivity index (χ3v) is 4.44. The molecule has 1 heterocycles. The second kappa shape index (κ2) is 5.72. The molecule has 1 N–H and O–H groups in total. The van der Waals surface area contributed by atoms with Crippen LogP contribution < -0.4 is 5.32 Å². The van der Waals surface area contributed by atoms with E-state index in [0.717, 1.165) is 42.0 Å². The molecule has 4 heteroatoms. The summed E-state index contributed by atoms with van der Waals surface area (Å²) in [6.07, 6.45) is 2.97. The summed E-state index contributed by atoms with van der Waals surface area (Å²) in [6.45, 7) is 3.94. The van der Waals surface area contributed by atoms with Crippen molar-refractivity contribution in [3.8, 4) is 0 Å². The first-order valence-electron chi connectivity index (χ1n) is 7.45. The van der Waals surface area contributed by atoms with E-state index in [9.17, 15) is 4.79 Å². The van der Waals surface area contributed by atoms with Gasteiger partial charge in [-0.2, -0.15) is 0 Å². The lowest BCUT2D eigenvalue weighted by molar-refractivity contribution is -0.120. The van der Waals surface area contributed by atoms with Gasteiger partial charge in [0.1, 0.15) is 5.76 Å². The van der Waals surface area contributed by atoms with Crippen LogP contribution in [0.4, 0.5) is 5.69 Å².